The molecule has 0 spiro atoms. The number of aromatic nitrogens is 3. The summed E-state index contributed by atoms with van der Waals surface area (Å²) in [4.78, 5) is 0. The molecule has 1 heterocycles. The van der Waals surface area contributed by atoms with Crippen LogP contribution >= 0.6 is 0 Å². The van der Waals surface area contributed by atoms with Crippen molar-refractivity contribution >= 4 is 0 Å². The fourth-order valence-electron chi connectivity index (χ4n) is 2.29. The minimum Gasteiger partial charge on any atom is -0.389 e. The molecule has 1 aliphatic carbocycles. The van der Waals surface area contributed by atoms with Gasteiger partial charge in [0.1, 0.15) is 0 Å². The van der Waals surface area contributed by atoms with E-state index in [4.69, 9.17) is 0 Å². The molecule has 0 bridgehead atoms. The van der Waals surface area contributed by atoms with E-state index in [0.717, 1.165) is 31.4 Å². The van der Waals surface area contributed by atoms with Crippen LogP contribution in [0.3, 0.4) is 0 Å². The lowest BCUT2D eigenvalue weighted by Gasteiger charge is -2.32. The maximum atomic E-state index is 10.3. The average molecular weight is 224 g/mol. The predicted molar refractivity (Wildman–Crippen MR) is 60.7 cm³/mol. The van der Waals surface area contributed by atoms with Crippen LogP contribution in [0.15, 0.2) is 6.20 Å². The predicted octanol–water partition coefficient (Wildman–Crippen LogP) is 0.600. The largest absolute Gasteiger partial charge is 0.389 e. The van der Waals surface area contributed by atoms with E-state index < -0.39 is 5.60 Å². The fourth-order valence-corrected chi connectivity index (χ4v) is 2.29. The average Bonchev–Trinajstić information content (AvgIpc) is 2.65. The molecule has 1 aromatic rings. The van der Waals surface area contributed by atoms with Crippen molar-refractivity contribution < 1.29 is 5.11 Å². The van der Waals surface area contributed by atoms with Gasteiger partial charge in [0, 0.05) is 26.3 Å². The van der Waals surface area contributed by atoms with Gasteiger partial charge < -0.3 is 10.4 Å². The van der Waals surface area contributed by atoms with Gasteiger partial charge in [-0.3, -0.25) is 4.68 Å². The van der Waals surface area contributed by atoms with E-state index >= 15 is 0 Å². The lowest BCUT2D eigenvalue weighted by atomic mass is 9.85. The van der Waals surface area contributed by atoms with E-state index in [1.54, 1.807) is 4.68 Å². The zero-order chi connectivity index (χ0) is 11.4. The first-order chi connectivity index (χ1) is 7.68. The molecule has 5 nitrogen and oxygen atoms in total. The zero-order valence-electron chi connectivity index (χ0n) is 9.82. The second kappa shape index (κ2) is 4.93. The van der Waals surface area contributed by atoms with Gasteiger partial charge in [-0.05, 0) is 12.8 Å². The fraction of sp³-hybridized carbons (Fsp3) is 0.818. The highest BCUT2D eigenvalue weighted by Crippen LogP contribution is 2.27. The molecule has 90 valence electrons. The topological polar surface area (TPSA) is 63.0 Å². The van der Waals surface area contributed by atoms with Crippen molar-refractivity contribution in [2.45, 2.75) is 44.2 Å². The normalized spacial score (nSPS) is 19.9. The van der Waals surface area contributed by atoms with Gasteiger partial charge in [-0.15, -0.1) is 5.10 Å². The molecule has 2 rings (SSSR count). The minimum atomic E-state index is -0.500. The Hall–Kier alpha value is -0.940. The van der Waals surface area contributed by atoms with Gasteiger partial charge in [-0.25, -0.2) is 0 Å². The Balaban J connectivity index is 1.74. The maximum absolute atomic E-state index is 10.3. The molecule has 0 unspecified atom stereocenters. The molecule has 5 heteroatoms. The van der Waals surface area contributed by atoms with Crippen LogP contribution in [0.1, 0.15) is 37.8 Å². The van der Waals surface area contributed by atoms with Gasteiger partial charge in [0.2, 0.25) is 0 Å². The van der Waals surface area contributed by atoms with Gasteiger partial charge in [-0.1, -0.05) is 24.5 Å². The number of aryl methyl sites for hydroxylation is 1. The molecule has 1 aliphatic rings. The van der Waals surface area contributed by atoms with Crippen LogP contribution < -0.4 is 5.32 Å². The minimum absolute atomic E-state index is 0.500. The van der Waals surface area contributed by atoms with E-state index in [1.807, 2.05) is 13.2 Å². The summed E-state index contributed by atoms with van der Waals surface area (Å²) in [5, 5.41) is 21.4. The molecular formula is C11H20N4O. The Kier molecular flexibility index (Phi) is 3.56. The Bertz CT molecular complexity index is 330. The first-order valence-corrected chi connectivity index (χ1v) is 5.96. The van der Waals surface area contributed by atoms with Gasteiger partial charge in [0.25, 0.3) is 0 Å². The van der Waals surface area contributed by atoms with Gasteiger partial charge in [-0.2, -0.15) is 0 Å². The molecule has 0 aliphatic heterocycles. The van der Waals surface area contributed by atoms with Crippen LogP contribution in [0.2, 0.25) is 0 Å². The van der Waals surface area contributed by atoms with Gasteiger partial charge in [0.05, 0.1) is 11.3 Å². The smallest absolute Gasteiger partial charge is 0.0964 e. The summed E-state index contributed by atoms with van der Waals surface area (Å²) in [6, 6.07) is 0. The number of hydrogen-bond donors (Lipinski definition) is 2. The van der Waals surface area contributed by atoms with Gasteiger partial charge in [0.15, 0.2) is 0 Å². The SMILES string of the molecule is Cn1cc(CNCC2(O)CCCCC2)nn1. The Morgan fingerprint density at radius 2 is 2.19 bits per heavy atom. The standard InChI is InChI=1S/C11H20N4O/c1-15-8-10(13-14-15)7-12-9-11(16)5-3-2-4-6-11/h8,12,16H,2-7,9H2,1H3. The third kappa shape index (κ3) is 3.02. The van der Waals surface area contributed by atoms with Crippen LogP contribution in [0.25, 0.3) is 0 Å². The van der Waals surface area contributed by atoms with Crippen LogP contribution in [0.4, 0.5) is 0 Å². The van der Waals surface area contributed by atoms with Crippen molar-refractivity contribution in [2.24, 2.45) is 7.05 Å². The number of rotatable bonds is 4. The third-order valence-corrected chi connectivity index (χ3v) is 3.19. The lowest BCUT2D eigenvalue weighted by molar-refractivity contribution is 0.00462. The molecule has 16 heavy (non-hydrogen) atoms. The summed E-state index contributed by atoms with van der Waals surface area (Å²) < 4.78 is 1.69. The van der Waals surface area contributed by atoms with Crippen molar-refractivity contribution in [1.29, 1.82) is 0 Å². The Morgan fingerprint density at radius 3 is 2.81 bits per heavy atom. The second-order valence-electron chi connectivity index (χ2n) is 4.77. The van der Waals surface area contributed by atoms with Crippen molar-refractivity contribution in [1.82, 2.24) is 20.3 Å². The van der Waals surface area contributed by atoms with Crippen LogP contribution in [-0.4, -0.2) is 32.2 Å². The molecule has 0 saturated heterocycles. The first kappa shape index (κ1) is 11.5. The van der Waals surface area contributed by atoms with E-state index in [-0.39, 0.29) is 0 Å². The van der Waals surface area contributed by atoms with E-state index in [1.165, 1.54) is 6.42 Å². The molecule has 1 fully saturated rings. The van der Waals surface area contributed by atoms with Crippen molar-refractivity contribution in [3.05, 3.63) is 11.9 Å². The molecular weight excluding hydrogens is 204 g/mol. The molecule has 0 radical (unpaired) electrons. The molecule has 1 aromatic heterocycles. The quantitative estimate of drug-likeness (QED) is 0.786. The monoisotopic (exact) mass is 224 g/mol. The highest BCUT2D eigenvalue weighted by molar-refractivity contribution is 4.92. The Labute approximate surface area is 95.8 Å². The van der Waals surface area contributed by atoms with Gasteiger partial charge >= 0.3 is 0 Å². The highest BCUT2D eigenvalue weighted by Gasteiger charge is 2.28. The summed E-state index contributed by atoms with van der Waals surface area (Å²) in [6.07, 6.45) is 7.26. The third-order valence-electron chi connectivity index (χ3n) is 3.19. The number of hydrogen-bond acceptors (Lipinski definition) is 4. The second-order valence-corrected chi connectivity index (χ2v) is 4.77. The van der Waals surface area contributed by atoms with Crippen molar-refractivity contribution in [3.8, 4) is 0 Å². The molecule has 0 amide bonds. The van der Waals surface area contributed by atoms with E-state index in [9.17, 15) is 5.11 Å². The summed E-state index contributed by atoms with van der Waals surface area (Å²) in [5.41, 5.74) is 0.419. The maximum Gasteiger partial charge on any atom is 0.0964 e. The summed E-state index contributed by atoms with van der Waals surface area (Å²) in [6.45, 7) is 1.33. The Morgan fingerprint density at radius 1 is 1.44 bits per heavy atom. The van der Waals surface area contributed by atoms with Crippen LogP contribution in [0, 0.1) is 0 Å². The van der Waals surface area contributed by atoms with Crippen LogP contribution in [-0.2, 0) is 13.6 Å². The van der Waals surface area contributed by atoms with Crippen molar-refractivity contribution in [2.75, 3.05) is 6.54 Å². The van der Waals surface area contributed by atoms with Crippen molar-refractivity contribution in [3.63, 3.8) is 0 Å². The van der Waals surface area contributed by atoms with E-state index in [0.29, 0.717) is 13.1 Å². The first-order valence-electron chi connectivity index (χ1n) is 5.96. The number of aliphatic hydroxyl groups is 1. The van der Waals surface area contributed by atoms with Crippen LogP contribution in [0.5, 0.6) is 0 Å². The molecule has 2 N–H and O–H groups in total. The number of nitrogens with one attached hydrogen (secondary N) is 1. The van der Waals surface area contributed by atoms with E-state index in [2.05, 4.69) is 15.6 Å². The highest BCUT2D eigenvalue weighted by atomic mass is 16.3. The summed E-state index contributed by atoms with van der Waals surface area (Å²) in [5.74, 6) is 0. The zero-order valence-corrected chi connectivity index (χ0v) is 9.82. The summed E-state index contributed by atoms with van der Waals surface area (Å²) in [7, 11) is 1.85. The lowest BCUT2D eigenvalue weighted by Crippen LogP contribution is -2.41. The molecule has 0 atom stereocenters. The summed E-state index contributed by atoms with van der Waals surface area (Å²) >= 11 is 0. The molecule has 1 saturated carbocycles. The number of nitrogens with zero attached hydrogens (tertiary/aromatic N) is 3. The molecule has 0 aromatic carbocycles.